The van der Waals surface area contributed by atoms with Gasteiger partial charge in [-0.25, -0.2) is 0 Å². The number of likely N-dealkylation sites (N-methyl/N-ethyl adjacent to an activating group) is 1. The molecule has 1 aliphatic rings. The Bertz CT molecular complexity index is 542. The number of aliphatic hydroxyl groups excluding tert-OH is 1. The van der Waals surface area contributed by atoms with E-state index in [-0.39, 0.29) is 18.6 Å². The average molecular weight is 288 g/mol. The number of aliphatic hydroxyl groups is 1. The van der Waals surface area contributed by atoms with E-state index in [9.17, 15) is 4.79 Å². The van der Waals surface area contributed by atoms with Crippen LogP contribution in [0, 0.1) is 11.8 Å². The Kier molecular flexibility index (Phi) is 5.73. The van der Waals surface area contributed by atoms with Crippen LogP contribution in [-0.4, -0.2) is 53.8 Å². The van der Waals surface area contributed by atoms with Gasteiger partial charge in [0.05, 0.1) is 11.7 Å². The summed E-state index contributed by atoms with van der Waals surface area (Å²) in [6, 6.07) is 1.69. The third kappa shape index (κ3) is 4.55. The molecular formula is C16H20N2O3. The summed E-state index contributed by atoms with van der Waals surface area (Å²) in [5.74, 6) is 5.21. The Morgan fingerprint density at radius 3 is 3.10 bits per heavy atom. The van der Waals surface area contributed by atoms with Crippen LogP contribution in [0.3, 0.4) is 0 Å². The van der Waals surface area contributed by atoms with Gasteiger partial charge in [0.1, 0.15) is 6.61 Å². The number of aromatic nitrogens is 1. The van der Waals surface area contributed by atoms with E-state index >= 15 is 0 Å². The van der Waals surface area contributed by atoms with Crippen molar-refractivity contribution in [2.45, 2.75) is 25.4 Å². The number of rotatable bonds is 3. The van der Waals surface area contributed by atoms with Crippen molar-refractivity contribution in [1.29, 1.82) is 0 Å². The summed E-state index contributed by atoms with van der Waals surface area (Å²) >= 11 is 0. The molecular weight excluding hydrogens is 268 g/mol. The molecule has 1 N–H and O–H groups in total. The van der Waals surface area contributed by atoms with Gasteiger partial charge in [0.2, 0.25) is 0 Å². The molecule has 0 bridgehead atoms. The highest BCUT2D eigenvalue weighted by Gasteiger charge is 2.20. The van der Waals surface area contributed by atoms with Crippen molar-refractivity contribution in [2.24, 2.45) is 0 Å². The summed E-state index contributed by atoms with van der Waals surface area (Å²) in [6.07, 6.45) is 6.48. The molecule has 0 saturated carbocycles. The fourth-order valence-corrected chi connectivity index (χ4v) is 2.33. The Morgan fingerprint density at radius 2 is 2.38 bits per heavy atom. The van der Waals surface area contributed by atoms with Gasteiger partial charge >= 0.3 is 0 Å². The van der Waals surface area contributed by atoms with Crippen LogP contribution < -0.4 is 0 Å². The highest BCUT2D eigenvalue weighted by atomic mass is 16.5. The molecule has 1 fully saturated rings. The molecule has 0 aromatic carbocycles. The first kappa shape index (κ1) is 15.5. The Labute approximate surface area is 124 Å². The van der Waals surface area contributed by atoms with E-state index in [4.69, 9.17) is 9.84 Å². The minimum absolute atomic E-state index is 0.0932. The van der Waals surface area contributed by atoms with Crippen LogP contribution in [0.1, 0.15) is 35.2 Å². The normalized spacial score (nSPS) is 17.7. The van der Waals surface area contributed by atoms with Crippen LogP contribution in [0.25, 0.3) is 0 Å². The van der Waals surface area contributed by atoms with Gasteiger partial charge in [0.25, 0.3) is 5.91 Å². The zero-order valence-electron chi connectivity index (χ0n) is 12.2. The Hall–Kier alpha value is -1.90. The number of nitrogens with zero attached hydrogens (tertiary/aromatic N) is 2. The summed E-state index contributed by atoms with van der Waals surface area (Å²) in [6.45, 7) is 1.16. The quantitative estimate of drug-likeness (QED) is 0.845. The predicted octanol–water partition coefficient (Wildman–Crippen LogP) is 1.07. The molecule has 0 spiro atoms. The zero-order valence-corrected chi connectivity index (χ0v) is 12.2. The van der Waals surface area contributed by atoms with Gasteiger partial charge in [-0.2, -0.15) is 0 Å². The van der Waals surface area contributed by atoms with E-state index < -0.39 is 0 Å². The summed E-state index contributed by atoms with van der Waals surface area (Å²) in [5, 5.41) is 8.69. The molecule has 1 aromatic heterocycles. The first-order chi connectivity index (χ1) is 10.2. The number of carbonyl (C=O) groups is 1. The van der Waals surface area contributed by atoms with Gasteiger partial charge in [-0.1, -0.05) is 11.8 Å². The number of hydrogen-bond acceptors (Lipinski definition) is 4. The Morgan fingerprint density at radius 1 is 1.52 bits per heavy atom. The standard InChI is InChI=1S/C16H20N2O3/c1-18(12-15-6-2-3-8-21-15)16(20)14-9-13(5-4-7-19)10-17-11-14/h9-11,15,19H,2-3,6-8,12H2,1H3. The lowest BCUT2D eigenvalue weighted by molar-refractivity contribution is -0.000195. The lowest BCUT2D eigenvalue weighted by Crippen LogP contribution is -2.37. The third-order valence-corrected chi connectivity index (χ3v) is 3.40. The van der Waals surface area contributed by atoms with E-state index in [2.05, 4.69) is 16.8 Å². The lowest BCUT2D eigenvalue weighted by atomic mass is 10.1. The minimum Gasteiger partial charge on any atom is -0.384 e. The molecule has 112 valence electrons. The third-order valence-electron chi connectivity index (χ3n) is 3.40. The van der Waals surface area contributed by atoms with Crippen molar-refractivity contribution in [1.82, 2.24) is 9.88 Å². The first-order valence-electron chi connectivity index (χ1n) is 7.12. The molecule has 0 radical (unpaired) electrons. The number of pyridine rings is 1. The van der Waals surface area contributed by atoms with E-state index in [1.54, 1.807) is 24.2 Å². The highest BCUT2D eigenvalue weighted by Crippen LogP contribution is 2.14. The molecule has 2 heterocycles. The molecule has 1 aliphatic heterocycles. The fourth-order valence-electron chi connectivity index (χ4n) is 2.33. The maximum Gasteiger partial charge on any atom is 0.255 e. The van der Waals surface area contributed by atoms with Gasteiger partial charge in [0.15, 0.2) is 0 Å². The molecule has 1 saturated heterocycles. The molecule has 5 heteroatoms. The molecule has 1 unspecified atom stereocenters. The van der Waals surface area contributed by atoms with Crippen LogP contribution in [0.15, 0.2) is 18.5 Å². The monoisotopic (exact) mass is 288 g/mol. The summed E-state index contributed by atoms with van der Waals surface area (Å²) < 4.78 is 5.65. The first-order valence-corrected chi connectivity index (χ1v) is 7.12. The van der Waals surface area contributed by atoms with E-state index in [0.29, 0.717) is 17.7 Å². The summed E-state index contributed by atoms with van der Waals surface area (Å²) in [7, 11) is 1.77. The van der Waals surface area contributed by atoms with Crippen molar-refractivity contribution in [3.63, 3.8) is 0 Å². The average Bonchev–Trinajstić information content (AvgIpc) is 2.53. The van der Waals surface area contributed by atoms with Gasteiger partial charge < -0.3 is 14.7 Å². The van der Waals surface area contributed by atoms with E-state index in [0.717, 1.165) is 25.9 Å². The maximum absolute atomic E-state index is 12.4. The second kappa shape index (κ2) is 7.77. The smallest absolute Gasteiger partial charge is 0.255 e. The fraction of sp³-hybridized carbons (Fsp3) is 0.500. The largest absolute Gasteiger partial charge is 0.384 e. The van der Waals surface area contributed by atoms with Gasteiger partial charge in [-0.15, -0.1) is 0 Å². The van der Waals surface area contributed by atoms with E-state index in [1.807, 2.05) is 0 Å². The molecule has 5 nitrogen and oxygen atoms in total. The molecule has 21 heavy (non-hydrogen) atoms. The number of hydrogen-bond donors (Lipinski definition) is 1. The predicted molar refractivity (Wildman–Crippen MR) is 78.8 cm³/mol. The topological polar surface area (TPSA) is 62.7 Å². The number of carbonyl (C=O) groups excluding carboxylic acids is 1. The Balaban J connectivity index is 2.01. The van der Waals surface area contributed by atoms with Crippen molar-refractivity contribution >= 4 is 5.91 Å². The minimum atomic E-state index is -0.211. The molecule has 2 rings (SSSR count). The van der Waals surface area contributed by atoms with Crippen LogP contribution in [0.2, 0.25) is 0 Å². The summed E-state index contributed by atoms with van der Waals surface area (Å²) in [4.78, 5) is 18.1. The molecule has 0 aliphatic carbocycles. The molecule has 1 amide bonds. The van der Waals surface area contributed by atoms with Crippen molar-refractivity contribution < 1.29 is 14.6 Å². The molecule has 1 aromatic rings. The summed E-state index contributed by atoms with van der Waals surface area (Å²) in [5.41, 5.74) is 1.12. The van der Waals surface area contributed by atoms with Gasteiger partial charge in [0, 0.05) is 38.2 Å². The van der Waals surface area contributed by atoms with Gasteiger partial charge in [-0.05, 0) is 25.3 Å². The van der Waals surface area contributed by atoms with Crippen molar-refractivity contribution in [2.75, 3.05) is 26.8 Å². The second-order valence-electron chi connectivity index (χ2n) is 5.10. The zero-order chi connectivity index (χ0) is 15.1. The maximum atomic E-state index is 12.4. The van der Waals surface area contributed by atoms with Crippen LogP contribution >= 0.6 is 0 Å². The lowest BCUT2D eigenvalue weighted by Gasteiger charge is -2.27. The second-order valence-corrected chi connectivity index (χ2v) is 5.10. The number of ether oxygens (including phenoxy) is 1. The van der Waals surface area contributed by atoms with Crippen LogP contribution in [0.5, 0.6) is 0 Å². The van der Waals surface area contributed by atoms with E-state index in [1.165, 1.54) is 6.20 Å². The molecule has 1 atom stereocenters. The highest BCUT2D eigenvalue weighted by molar-refractivity contribution is 5.94. The van der Waals surface area contributed by atoms with Crippen LogP contribution in [0.4, 0.5) is 0 Å². The van der Waals surface area contributed by atoms with Gasteiger partial charge in [-0.3, -0.25) is 9.78 Å². The SMILES string of the molecule is CN(CC1CCCCO1)C(=O)c1cncc(C#CCO)c1. The van der Waals surface area contributed by atoms with Crippen LogP contribution in [-0.2, 0) is 4.74 Å². The van der Waals surface area contributed by atoms with Crippen molar-refractivity contribution in [3.05, 3.63) is 29.6 Å². The van der Waals surface area contributed by atoms with Crippen molar-refractivity contribution in [3.8, 4) is 11.8 Å². The number of amides is 1.